The monoisotopic (exact) mass is 461 g/mol. The maximum absolute atomic E-state index is 13.4. The smallest absolute Gasteiger partial charge is 0.244 e. The SMILES string of the molecule is CCC(C(=O)NC)N(Cc1ccccc1C)C(=O)CN(c1ccc(OC)cc1)S(C)(=O)=O. The molecule has 174 valence electrons. The Bertz CT molecular complexity index is 1040. The van der Waals surface area contributed by atoms with Crippen molar-refractivity contribution in [3.05, 3.63) is 59.7 Å². The van der Waals surface area contributed by atoms with E-state index in [1.807, 2.05) is 38.1 Å². The van der Waals surface area contributed by atoms with E-state index in [4.69, 9.17) is 4.74 Å². The molecule has 0 radical (unpaired) electrons. The Morgan fingerprint density at radius 1 is 1.09 bits per heavy atom. The molecular weight excluding hydrogens is 430 g/mol. The number of hydrogen-bond donors (Lipinski definition) is 1. The van der Waals surface area contributed by atoms with Crippen molar-refractivity contribution in [1.82, 2.24) is 10.2 Å². The molecule has 0 saturated carbocycles. The Balaban J connectivity index is 2.42. The number of nitrogens with zero attached hydrogens (tertiary/aromatic N) is 2. The van der Waals surface area contributed by atoms with Crippen LogP contribution in [0, 0.1) is 6.92 Å². The third-order valence-electron chi connectivity index (χ3n) is 5.27. The van der Waals surface area contributed by atoms with Gasteiger partial charge in [0.15, 0.2) is 0 Å². The molecule has 0 bridgehead atoms. The summed E-state index contributed by atoms with van der Waals surface area (Å²) in [5.74, 6) is -0.199. The van der Waals surface area contributed by atoms with E-state index in [2.05, 4.69) is 5.32 Å². The van der Waals surface area contributed by atoms with Crippen molar-refractivity contribution in [2.24, 2.45) is 0 Å². The van der Waals surface area contributed by atoms with Crippen LogP contribution in [0.2, 0.25) is 0 Å². The van der Waals surface area contributed by atoms with Crippen LogP contribution in [0.25, 0.3) is 0 Å². The molecule has 0 heterocycles. The second-order valence-corrected chi connectivity index (χ2v) is 9.36. The molecule has 0 saturated heterocycles. The normalized spacial score (nSPS) is 12.0. The van der Waals surface area contributed by atoms with Crippen molar-refractivity contribution < 1.29 is 22.7 Å². The van der Waals surface area contributed by atoms with E-state index in [-0.39, 0.29) is 12.5 Å². The first kappa shape index (κ1) is 25.2. The maximum atomic E-state index is 13.4. The second-order valence-electron chi connectivity index (χ2n) is 7.45. The lowest BCUT2D eigenvalue weighted by molar-refractivity contribution is -0.140. The van der Waals surface area contributed by atoms with E-state index in [9.17, 15) is 18.0 Å². The van der Waals surface area contributed by atoms with Gasteiger partial charge < -0.3 is 15.0 Å². The number of hydrogen-bond acceptors (Lipinski definition) is 5. The van der Waals surface area contributed by atoms with Gasteiger partial charge in [0.05, 0.1) is 19.1 Å². The van der Waals surface area contributed by atoms with E-state index in [1.54, 1.807) is 24.3 Å². The molecule has 1 atom stereocenters. The number of rotatable bonds is 10. The lowest BCUT2D eigenvalue weighted by Crippen LogP contribution is -2.51. The van der Waals surface area contributed by atoms with Gasteiger partial charge in [0.25, 0.3) is 0 Å². The molecule has 2 aromatic rings. The Morgan fingerprint density at radius 3 is 2.22 bits per heavy atom. The van der Waals surface area contributed by atoms with Crippen molar-refractivity contribution in [1.29, 1.82) is 0 Å². The minimum absolute atomic E-state index is 0.192. The number of amides is 2. The van der Waals surface area contributed by atoms with Gasteiger partial charge in [0, 0.05) is 13.6 Å². The van der Waals surface area contributed by atoms with Gasteiger partial charge in [-0.2, -0.15) is 0 Å². The predicted octanol–water partition coefficient (Wildman–Crippen LogP) is 2.32. The molecule has 2 aromatic carbocycles. The fourth-order valence-electron chi connectivity index (χ4n) is 3.42. The first-order valence-corrected chi connectivity index (χ1v) is 12.1. The van der Waals surface area contributed by atoms with Gasteiger partial charge >= 0.3 is 0 Å². The van der Waals surface area contributed by atoms with E-state index in [1.165, 1.54) is 19.1 Å². The number of sulfonamides is 1. The van der Waals surface area contributed by atoms with E-state index in [0.717, 1.165) is 21.7 Å². The van der Waals surface area contributed by atoms with Crippen LogP contribution in [0.4, 0.5) is 5.69 Å². The molecular formula is C23H31N3O5S. The molecule has 0 spiro atoms. The van der Waals surface area contributed by atoms with Crippen LogP contribution in [0.15, 0.2) is 48.5 Å². The molecule has 0 fully saturated rings. The van der Waals surface area contributed by atoms with Crippen LogP contribution >= 0.6 is 0 Å². The maximum Gasteiger partial charge on any atom is 0.244 e. The number of benzene rings is 2. The number of anilines is 1. The van der Waals surface area contributed by atoms with Crippen LogP contribution < -0.4 is 14.4 Å². The van der Waals surface area contributed by atoms with Gasteiger partial charge in [-0.05, 0) is 48.7 Å². The van der Waals surface area contributed by atoms with Crippen LogP contribution in [0.1, 0.15) is 24.5 Å². The number of carbonyl (C=O) groups excluding carboxylic acids is 2. The van der Waals surface area contributed by atoms with E-state index in [0.29, 0.717) is 17.9 Å². The number of carbonyl (C=O) groups is 2. The summed E-state index contributed by atoms with van der Waals surface area (Å²) in [5.41, 5.74) is 2.20. The predicted molar refractivity (Wildman–Crippen MR) is 125 cm³/mol. The zero-order chi connectivity index (χ0) is 23.9. The Morgan fingerprint density at radius 2 is 1.72 bits per heavy atom. The molecule has 0 aliphatic heterocycles. The highest BCUT2D eigenvalue weighted by Crippen LogP contribution is 2.23. The molecule has 0 aliphatic carbocycles. The number of methoxy groups -OCH3 is 1. The molecule has 0 aromatic heterocycles. The first-order valence-electron chi connectivity index (χ1n) is 10.3. The van der Waals surface area contributed by atoms with Crippen molar-refractivity contribution in [3.63, 3.8) is 0 Å². The zero-order valence-electron chi connectivity index (χ0n) is 19.2. The average Bonchev–Trinajstić information content (AvgIpc) is 2.77. The fourth-order valence-corrected chi connectivity index (χ4v) is 4.27. The Hall–Kier alpha value is -3.07. The summed E-state index contributed by atoms with van der Waals surface area (Å²) in [4.78, 5) is 27.4. The van der Waals surface area contributed by atoms with Crippen LogP contribution in [0.3, 0.4) is 0 Å². The van der Waals surface area contributed by atoms with E-state index < -0.39 is 28.5 Å². The standard InChI is InChI=1S/C23H31N3O5S/c1-6-21(23(28)24-3)25(15-18-10-8-7-9-17(18)2)22(27)16-26(32(5,29)30)19-11-13-20(31-4)14-12-19/h7-14,21H,6,15-16H2,1-5H3,(H,24,28). The van der Waals surface area contributed by atoms with Crippen LogP contribution in [-0.4, -0.2) is 58.1 Å². The van der Waals surface area contributed by atoms with Crippen LogP contribution in [0.5, 0.6) is 5.75 Å². The zero-order valence-corrected chi connectivity index (χ0v) is 20.0. The fraction of sp³-hybridized carbons (Fsp3) is 0.391. The summed E-state index contributed by atoms with van der Waals surface area (Å²) in [5, 5.41) is 2.60. The molecule has 8 nitrogen and oxygen atoms in total. The summed E-state index contributed by atoms with van der Waals surface area (Å²) in [7, 11) is -0.732. The quantitative estimate of drug-likeness (QED) is 0.586. The van der Waals surface area contributed by atoms with Gasteiger partial charge in [-0.15, -0.1) is 0 Å². The minimum Gasteiger partial charge on any atom is -0.497 e. The highest BCUT2D eigenvalue weighted by atomic mass is 32.2. The molecule has 2 rings (SSSR count). The third kappa shape index (κ3) is 6.23. The molecule has 32 heavy (non-hydrogen) atoms. The van der Waals surface area contributed by atoms with Gasteiger partial charge in [-0.1, -0.05) is 31.2 Å². The summed E-state index contributed by atoms with van der Waals surface area (Å²) < 4.78 is 31.2. The number of nitrogens with one attached hydrogen (secondary N) is 1. The Labute approximate surface area is 190 Å². The van der Waals surface area contributed by atoms with Gasteiger partial charge in [0.1, 0.15) is 18.3 Å². The van der Waals surface area contributed by atoms with Crippen molar-refractivity contribution in [2.75, 3.05) is 31.3 Å². The molecule has 1 unspecified atom stereocenters. The van der Waals surface area contributed by atoms with Crippen molar-refractivity contribution in [3.8, 4) is 5.75 Å². The largest absolute Gasteiger partial charge is 0.497 e. The van der Waals surface area contributed by atoms with Gasteiger partial charge in [0.2, 0.25) is 21.8 Å². The molecule has 0 aliphatic rings. The summed E-state index contributed by atoms with van der Waals surface area (Å²) >= 11 is 0. The summed E-state index contributed by atoms with van der Waals surface area (Å²) in [6, 6.07) is 13.3. The molecule has 9 heteroatoms. The van der Waals surface area contributed by atoms with Gasteiger partial charge in [-0.3, -0.25) is 13.9 Å². The highest BCUT2D eigenvalue weighted by molar-refractivity contribution is 7.92. The second kappa shape index (κ2) is 11.0. The van der Waals surface area contributed by atoms with Crippen LogP contribution in [-0.2, 0) is 26.2 Å². The van der Waals surface area contributed by atoms with Crippen molar-refractivity contribution >= 4 is 27.5 Å². The lowest BCUT2D eigenvalue weighted by atomic mass is 10.1. The average molecular weight is 462 g/mol. The van der Waals surface area contributed by atoms with Gasteiger partial charge in [-0.25, -0.2) is 8.42 Å². The first-order chi connectivity index (χ1) is 15.1. The van der Waals surface area contributed by atoms with E-state index >= 15 is 0 Å². The molecule has 2 amide bonds. The number of ether oxygens (including phenoxy) is 1. The topological polar surface area (TPSA) is 96.0 Å². The highest BCUT2D eigenvalue weighted by Gasteiger charge is 2.31. The Kier molecular flexibility index (Phi) is 8.65. The summed E-state index contributed by atoms with van der Waals surface area (Å²) in [6.45, 7) is 3.51. The minimum atomic E-state index is -3.76. The number of aryl methyl sites for hydroxylation is 1. The molecule has 1 N–H and O–H groups in total. The summed E-state index contributed by atoms with van der Waals surface area (Å²) in [6.07, 6.45) is 1.44. The lowest BCUT2D eigenvalue weighted by Gasteiger charge is -2.33. The number of likely N-dealkylation sites (N-methyl/N-ethyl adjacent to an activating group) is 1. The van der Waals surface area contributed by atoms with Crippen molar-refractivity contribution in [2.45, 2.75) is 32.9 Å². The third-order valence-corrected chi connectivity index (χ3v) is 6.41.